The summed E-state index contributed by atoms with van der Waals surface area (Å²) in [5.41, 5.74) is 0.412. The van der Waals surface area contributed by atoms with Crippen LogP contribution in [0.1, 0.15) is 5.56 Å². The summed E-state index contributed by atoms with van der Waals surface area (Å²) < 4.78 is 4.90. The third-order valence-electron chi connectivity index (χ3n) is 2.04. The van der Waals surface area contributed by atoms with Gasteiger partial charge in [-0.3, -0.25) is 10.1 Å². The number of methoxy groups -OCH3 is 1. The second-order valence-electron chi connectivity index (χ2n) is 2.95. The van der Waals surface area contributed by atoms with Crippen LogP contribution in [0.3, 0.4) is 0 Å². The van der Waals surface area contributed by atoms with Crippen LogP contribution in [0.2, 0.25) is 0 Å². The summed E-state index contributed by atoms with van der Waals surface area (Å²) in [4.78, 5) is 23.6. The molecule has 0 aliphatic rings. The summed E-state index contributed by atoms with van der Waals surface area (Å²) in [7, 11) is 1.37. The van der Waals surface area contributed by atoms with Crippen molar-refractivity contribution in [2.24, 2.45) is 4.99 Å². The first kappa shape index (κ1) is 11.9. The monoisotopic (exact) mass is 222 g/mol. The molecule has 1 rings (SSSR count). The molecule has 0 heterocycles. The molecule has 0 amide bonds. The highest BCUT2D eigenvalue weighted by Crippen LogP contribution is 2.30. The molecule has 0 spiro atoms. The van der Waals surface area contributed by atoms with Crippen molar-refractivity contribution in [2.45, 2.75) is 6.42 Å². The Morgan fingerprint density at radius 2 is 2.31 bits per heavy atom. The molecule has 0 aliphatic heterocycles. The van der Waals surface area contributed by atoms with Crippen LogP contribution in [0.15, 0.2) is 23.2 Å². The summed E-state index contributed by atoms with van der Waals surface area (Å²) in [5.74, 6) is 0.206. The van der Waals surface area contributed by atoms with E-state index in [9.17, 15) is 14.9 Å². The summed E-state index contributed by atoms with van der Waals surface area (Å²) in [6.07, 6.45) is 1.70. The number of aliphatic imine (C=N–C) groups is 1. The van der Waals surface area contributed by atoms with Gasteiger partial charge in [0.1, 0.15) is 0 Å². The first-order chi connectivity index (χ1) is 7.70. The Balaban J connectivity index is 3.06. The third-order valence-corrected chi connectivity index (χ3v) is 2.04. The summed E-state index contributed by atoms with van der Waals surface area (Å²) in [6.45, 7) is 0.178. The van der Waals surface area contributed by atoms with Crippen LogP contribution >= 0.6 is 0 Å². The van der Waals surface area contributed by atoms with E-state index < -0.39 is 4.92 Å². The lowest BCUT2D eigenvalue weighted by molar-refractivity contribution is -0.386. The molecule has 0 radical (unpaired) electrons. The van der Waals surface area contributed by atoms with Crippen molar-refractivity contribution in [3.8, 4) is 5.75 Å². The van der Waals surface area contributed by atoms with Crippen molar-refractivity contribution >= 4 is 11.8 Å². The van der Waals surface area contributed by atoms with Gasteiger partial charge in [0.05, 0.1) is 18.6 Å². The maximum absolute atomic E-state index is 10.9. The summed E-state index contributed by atoms with van der Waals surface area (Å²) in [5, 5.41) is 10.9. The average Bonchev–Trinajstić information content (AvgIpc) is 2.28. The summed E-state index contributed by atoms with van der Waals surface area (Å²) >= 11 is 0. The van der Waals surface area contributed by atoms with Crippen molar-refractivity contribution in [3.63, 3.8) is 0 Å². The summed E-state index contributed by atoms with van der Waals surface area (Å²) in [6, 6.07) is 4.79. The van der Waals surface area contributed by atoms with E-state index >= 15 is 0 Å². The number of ether oxygens (including phenoxy) is 1. The van der Waals surface area contributed by atoms with E-state index in [0.717, 1.165) is 0 Å². The minimum atomic E-state index is -0.501. The van der Waals surface area contributed by atoms with Crippen LogP contribution in [0.5, 0.6) is 5.75 Å². The highest BCUT2D eigenvalue weighted by molar-refractivity contribution is 5.52. The molecule has 0 aliphatic carbocycles. The lowest BCUT2D eigenvalue weighted by atomic mass is 10.1. The maximum Gasteiger partial charge on any atom is 0.314 e. The van der Waals surface area contributed by atoms with Crippen molar-refractivity contribution in [3.05, 3.63) is 33.9 Å². The van der Waals surface area contributed by atoms with Crippen molar-refractivity contribution in [2.75, 3.05) is 13.7 Å². The minimum absolute atomic E-state index is 0.0777. The second kappa shape index (κ2) is 5.63. The normalized spacial score (nSPS) is 9.31. The molecule has 0 atom stereocenters. The highest BCUT2D eigenvalue weighted by atomic mass is 16.6. The van der Waals surface area contributed by atoms with Crippen molar-refractivity contribution in [1.82, 2.24) is 0 Å². The van der Waals surface area contributed by atoms with Gasteiger partial charge < -0.3 is 4.74 Å². The van der Waals surface area contributed by atoms with Gasteiger partial charge in [-0.05, 0) is 12.5 Å². The van der Waals surface area contributed by atoms with Crippen molar-refractivity contribution in [1.29, 1.82) is 0 Å². The quantitative estimate of drug-likeness (QED) is 0.327. The van der Waals surface area contributed by atoms with E-state index in [-0.39, 0.29) is 18.0 Å². The number of isocyanates is 1. The van der Waals surface area contributed by atoms with Gasteiger partial charge in [-0.15, -0.1) is 0 Å². The maximum atomic E-state index is 10.9. The third kappa shape index (κ3) is 2.65. The van der Waals surface area contributed by atoms with E-state index in [1.807, 2.05) is 0 Å². The molecule has 0 unspecified atom stereocenters. The standard InChI is InChI=1S/C10H10N2O4/c1-16-9-4-2-3-8(5-6-11-7-13)10(9)12(14)15/h2-4H,5-6H2,1H3. The molecular weight excluding hydrogens is 212 g/mol. The molecule has 0 saturated heterocycles. The fraction of sp³-hybridized carbons (Fsp3) is 0.300. The molecule has 6 heteroatoms. The van der Waals surface area contributed by atoms with Gasteiger partial charge in [0.15, 0.2) is 5.75 Å². The number of rotatable bonds is 5. The number of carbonyl (C=O) groups excluding carboxylic acids is 1. The predicted octanol–water partition coefficient (Wildman–Crippen LogP) is 1.48. The lowest BCUT2D eigenvalue weighted by Gasteiger charge is -2.05. The van der Waals surface area contributed by atoms with Crippen LogP contribution in [0, 0.1) is 10.1 Å². The van der Waals surface area contributed by atoms with Crippen LogP contribution < -0.4 is 4.74 Å². The Morgan fingerprint density at radius 1 is 1.56 bits per heavy atom. The van der Waals surface area contributed by atoms with E-state index in [1.54, 1.807) is 12.1 Å². The zero-order chi connectivity index (χ0) is 12.0. The largest absolute Gasteiger partial charge is 0.490 e. The minimum Gasteiger partial charge on any atom is -0.490 e. The molecule has 1 aromatic carbocycles. The number of nitro benzene ring substituents is 1. The van der Waals surface area contributed by atoms with Gasteiger partial charge in [-0.1, -0.05) is 12.1 Å². The highest BCUT2D eigenvalue weighted by Gasteiger charge is 2.19. The van der Waals surface area contributed by atoms with Crippen LogP contribution in [-0.4, -0.2) is 24.7 Å². The molecule has 16 heavy (non-hydrogen) atoms. The van der Waals surface area contributed by atoms with E-state index in [0.29, 0.717) is 12.0 Å². The molecule has 1 aromatic rings. The number of nitro groups is 1. The average molecular weight is 222 g/mol. The van der Waals surface area contributed by atoms with Crippen LogP contribution in [-0.2, 0) is 11.2 Å². The molecule has 0 N–H and O–H groups in total. The fourth-order valence-electron chi connectivity index (χ4n) is 1.36. The van der Waals surface area contributed by atoms with E-state index in [1.165, 1.54) is 19.3 Å². The zero-order valence-electron chi connectivity index (χ0n) is 8.67. The number of hydrogen-bond donors (Lipinski definition) is 0. The first-order valence-electron chi connectivity index (χ1n) is 4.54. The number of hydrogen-bond acceptors (Lipinski definition) is 5. The zero-order valence-corrected chi connectivity index (χ0v) is 8.67. The Kier molecular flexibility index (Phi) is 4.17. The molecule has 0 saturated carbocycles. The fourth-order valence-corrected chi connectivity index (χ4v) is 1.36. The van der Waals surface area contributed by atoms with Crippen LogP contribution in [0.4, 0.5) is 5.69 Å². The lowest BCUT2D eigenvalue weighted by Crippen LogP contribution is -2.00. The number of nitrogens with zero attached hydrogens (tertiary/aromatic N) is 2. The molecule has 6 nitrogen and oxygen atoms in total. The predicted molar refractivity (Wildman–Crippen MR) is 56.3 cm³/mol. The van der Waals surface area contributed by atoms with Gasteiger partial charge in [-0.2, -0.15) is 0 Å². The Labute approximate surface area is 91.7 Å². The SMILES string of the molecule is COc1cccc(CCN=C=O)c1[N+](=O)[O-]. The van der Waals surface area contributed by atoms with Gasteiger partial charge in [0.2, 0.25) is 6.08 Å². The van der Waals surface area contributed by atoms with E-state index in [2.05, 4.69) is 4.99 Å². The van der Waals surface area contributed by atoms with Crippen LogP contribution in [0.25, 0.3) is 0 Å². The number of benzene rings is 1. The first-order valence-corrected chi connectivity index (χ1v) is 4.54. The Morgan fingerprint density at radius 3 is 2.88 bits per heavy atom. The molecule has 84 valence electrons. The van der Waals surface area contributed by atoms with Gasteiger partial charge in [0, 0.05) is 5.56 Å². The smallest absolute Gasteiger partial charge is 0.314 e. The van der Waals surface area contributed by atoms with Crippen molar-refractivity contribution < 1.29 is 14.5 Å². The molecular formula is C10H10N2O4. The topological polar surface area (TPSA) is 81.8 Å². The van der Waals surface area contributed by atoms with E-state index in [4.69, 9.17) is 4.74 Å². The number of para-hydroxylation sites is 1. The van der Waals surface area contributed by atoms with Gasteiger partial charge >= 0.3 is 5.69 Å². The second-order valence-corrected chi connectivity index (χ2v) is 2.95. The molecule has 0 fully saturated rings. The van der Waals surface area contributed by atoms with Gasteiger partial charge in [0.25, 0.3) is 0 Å². The molecule has 0 bridgehead atoms. The van der Waals surface area contributed by atoms with Gasteiger partial charge in [-0.25, -0.2) is 9.79 Å². The molecule has 0 aromatic heterocycles. The Hall–Kier alpha value is -2.20. The Bertz CT molecular complexity index is 438.